The lowest BCUT2D eigenvalue weighted by Crippen LogP contribution is -2.52. The summed E-state index contributed by atoms with van der Waals surface area (Å²) in [5.74, 6) is -2.63. The minimum atomic E-state index is -5.03. The molecule has 2 aromatic carbocycles. The van der Waals surface area contributed by atoms with E-state index in [9.17, 15) is 32.3 Å². The van der Waals surface area contributed by atoms with E-state index in [0.29, 0.717) is 16.6 Å². The predicted octanol–water partition coefficient (Wildman–Crippen LogP) is 2.89. The number of benzene rings is 2. The second-order valence-corrected chi connectivity index (χ2v) is 8.29. The minimum Gasteiger partial charge on any atom is -0.445 e. The summed E-state index contributed by atoms with van der Waals surface area (Å²) in [6, 6.07) is 7.53. The number of carbonyl (C=O) groups excluding carboxylic acids is 2. The van der Waals surface area contributed by atoms with Crippen molar-refractivity contribution in [2.45, 2.75) is 31.4 Å². The lowest BCUT2D eigenvalue weighted by Gasteiger charge is -2.37. The molecular formula is C22H21F4N5O5. The van der Waals surface area contributed by atoms with E-state index >= 15 is 0 Å². The van der Waals surface area contributed by atoms with E-state index in [1.54, 1.807) is 18.2 Å². The molecule has 14 heteroatoms. The highest BCUT2D eigenvalue weighted by Crippen LogP contribution is 2.27. The molecule has 0 radical (unpaired) electrons. The Balaban J connectivity index is 1.23. The van der Waals surface area contributed by atoms with Crippen molar-refractivity contribution in [3.8, 4) is 5.75 Å². The number of carbonyl (C=O) groups is 2. The molecular weight excluding hydrogens is 490 g/mol. The Morgan fingerprint density at radius 1 is 1.11 bits per heavy atom. The Hall–Kier alpha value is -3.94. The predicted molar refractivity (Wildman–Crippen MR) is 115 cm³/mol. The molecule has 0 saturated carbocycles. The number of nitrogens with zero attached hydrogens (tertiary/aromatic N) is 3. The molecule has 36 heavy (non-hydrogen) atoms. The number of piperidine rings is 1. The smallest absolute Gasteiger partial charge is 0.445 e. The van der Waals surface area contributed by atoms with E-state index in [0.717, 1.165) is 18.2 Å². The summed E-state index contributed by atoms with van der Waals surface area (Å²) in [7, 11) is 0. The van der Waals surface area contributed by atoms with Crippen LogP contribution in [-0.2, 0) is 11.3 Å². The summed E-state index contributed by atoms with van der Waals surface area (Å²) in [6.45, 7) is -0.114. The highest BCUT2D eigenvalue weighted by atomic mass is 19.4. The molecule has 0 atom stereocenters. The van der Waals surface area contributed by atoms with Gasteiger partial charge in [0.05, 0.1) is 5.60 Å². The van der Waals surface area contributed by atoms with Crippen molar-refractivity contribution in [1.82, 2.24) is 25.6 Å². The quantitative estimate of drug-likeness (QED) is 0.434. The fourth-order valence-electron chi connectivity index (χ4n) is 3.69. The number of aromatic nitrogens is 3. The maximum absolute atomic E-state index is 13.8. The molecule has 0 unspecified atom stereocenters. The van der Waals surface area contributed by atoms with Crippen molar-refractivity contribution < 1.29 is 41.7 Å². The molecule has 1 fully saturated rings. The molecule has 2 amide bonds. The van der Waals surface area contributed by atoms with E-state index in [1.165, 1.54) is 4.90 Å². The van der Waals surface area contributed by atoms with Gasteiger partial charge in [-0.3, -0.25) is 4.79 Å². The maximum Gasteiger partial charge on any atom is 0.573 e. The summed E-state index contributed by atoms with van der Waals surface area (Å²) in [6.07, 6.45) is -5.41. The monoisotopic (exact) mass is 511 g/mol. The van der Waals surface area contributed by atoms with Crippen molar-refractivity contribution in [3.63, 3.8) is 0 Å². The van der Waals surface area contributed by atoms with Gasteiger partial charge in [-0.05, 0) is 48.7 Å². The maximum atomic E-state index is 13.8. The Labute approximate surface area is 201 Å². The third kappa shape index (κ3) is 6.19. The normalized spacial score (nSPS) is 15.5. The number of nitrogens with one attached hydrogen (secondary N) is 2. The Morgan fingerprint density at radius 2 is 1.83 bits per heavy atom. The molecule has 1 aliphatic rings. The number of amides is 2. The van der Waals surface area contributed by atoms with Crippen LogP contribution >= 0.6 is 0 Å². The molecule has 1 aliphatic heterocycles. The molecule has 3 N–H and O–H groups in total. The van der Waals surface area contributed by atoms with Gasteiger partial charge in [-0.1, -0.05) is 6.07 Å². The number of H-pyrrole nitrogens is 1. The van der Waals surface area contributed by atoms with Gasteiger partial charge in [-0.25, -0.2) is 9.18 Å². The standard InChI is InChI=1S/C22H21F4N5O5/c23-15-9-13(1-4-18(15)36-22(24,25)26)11-35-20(33)31-7-5-21(34,6-8-31)12-27-19(32)14-2-3-16-17(10-14)29-30-28-16/h1-4,9-10,34H,5-8,11-12H2,(H,27,32)(H,28,29,30). The van der Waals surface area contributed by atoms with Crippen LogP contribution in [0.4, 0.5) is 22.4 Å². The largest absolute Gasteiger partial charge is 0.573 e. The Morgan fingerprint density at radius 3 is 2.53 bits per heavy atom. The first-order chi connectivity index (χ1) is 17.0. The van der Waals surface area contributed by atoms with E-state index in [2.05, 4.69) is 25.5 Å². The summed E-state index contributed by atoms with van der Waals surface area (Å²) >= 11 is 0. The number of ether oxygens (including phenoxy) is 2. The number of aliphatic hydroxyl groups is 1. The van der Waals surface area contributed by atoms with Crippen LogP contribution in [0.3, 0.4) is 0 Å². The lowest BCUT2D eigenvalue weighted by atomic mass is 9.91. The van der Waals surface area contributed by atoms with Gasteiger partial charge in [0.2, 0.25) is 0 Å². The van der Waals surface area contributed by atoms with Crippen LogP contribution in [0.25, 0.3) is 11.0 Å². The number of halogens is 4. The Kier molecular flexibility index (Phi) is 6.97. The van der Waals surface area contributed by atoms with Gasteiger partial charge in [0.25, 0.3) is 5.91 Å². The van der Waals surface area contributed by atoms with Crippen molar-refractivity contribution in [2.75, 3.05) is 19.6 Å². The zero-order valence-electron chi connectivity index (χ0n) is 18.6. The van der Waals surface area contributed by atoms with Crippen molar-refractivity contribution in [2.24, 2.45) is 0 Å². The molecule has 0 spiro atoms. The van der Waals surface area contributed by atoms with Crippen molar-refractivity contribution >= 4 is 23.0 Å². The van der Waals surface area contributed by atoms with E-state index < -0.39 is 35.5 Å². The Bertz CT molecular complexity index is 1260. The molecule has 0 bridgehead atoms. The number of fused-ring (bicyclic) bond motifs is 1. The topological polar surface area (TPSA) is 130 Å². The molecule has 1 aromatic heterocycles. The van der Waals surface area contributed by atoms with Gasteiger partial charge >= 0.3 is 12.5 Å². The number of hydrogen-bond acceptors (Lipinski definition) is 7. The number of hydrogen-bond donors (Lipinski definition) is 3. The van der Waals surface area contributed by atoms with Gasteiger partial charge in [-0.15, -0.1) is 13.2 Å². The highest BCUT2D eigenvalue weighted by Gasteiger charge is 2.35. The van der Waals surface area contributed by atoms with E-state index in [4.69, 9.17) is 4.74 Å². The molecule has 3 aromatic rings. The van der Waals surface area contributed by atoms with Crippen LogP contribution in [0.2, 0.25) is 0 Å². The van der Waals surface area contributed by atoms with Gasteiger partial charge < -0.3 is 24.8 Å². The molecule has 10 nitrogen and oxygen atoms in total. The number of aromatic amines is 1. The van der Waals surface area contributed by atoms with Gasteiger partial charge in [0.1, 0.15) is 17.6 Å². The molecule has 2 heterocycles. The molecule has 1 saturated heterocycles. The average molecular weight is 511 g/mol. The second kappa shape index (κ2) is 9.97. The first-order valence-corrected chi connectivity index (χ1v) is 10.8. The van der Waals surface area contributed by atoms with Crippen LogP contribution in [0, 0.1) is 5.82 Å². The zero-order chi connectivity index (χ0) is 25.9. The van der Waals surface area contributed by atoms with Crippen LogP contribution in [0.1, 0.15) is 28.8 Å². The second-order valence-electron chi connectivity index (χ2n) is 8.29. The SMILES string of the molecule is O=C(NCC1(O)CCN(C(=O)OCc2ccc(OC(F)(F)F)c(F)c2)CC1)c1ccc2n[nH]nc2c1. The van der Waals surface area contributed by atoms with Crippen molar-refractivity contribution in [3.05, 3.63) is 53.3 Å². The van der Waals surface area contributed by atoms with Crippen LogP contribution in [-0.4, -0.2) is 69.0 Å². The van der Waals surface area contributed by atoms with Crippen LogP contribution in [0.15, 0.2) is 36.4 Å². The lowest BCUT2D eigenvalue weighted by molar-refractivity contribution is -0.275. The summed E-state index contributed by atoms with van der Waals surface area (Å²) in [5, 5.41) is 23.8. The summed E-state index contributed by atoms with van der Waals surface area (Å²) in [4.78, 5) is 26.1. The molecule has 192 valence electrons. The zero-order valence-corrected chi connectivity index (χ0v) is 18.6. The van der Waals surface area contributed by atoms with Gasteiger partial charge in [0, 0.05) is 25.2 Å². The number of likely N-dealkylation sites (tertiary alicyclic amines) is 1. The third-order valence-corrected chi connectivity index (χ3v) is 5.69. The molecule has 4 rings (SSSR count). The summed E-state index contributed by atoms with van der Waals surface area (Å²) in [5.41, 5.74) is 0.399. The van der Waals surface area contributed by atoms with Gasteiger partial charge in [-0.2, -0.15) is 15.4 Å². The first-order valence-electron chi connectivity index (χ1n) is 10.8. The minimum absolute atomic E-state index is 0.0306. The van der Waals surface area contributed by atoms with Crippen LogP contribution < -0.4 is 10.1 Å². The fourth-order valence-corrected chi connectivity index (χ4v) is 3.69. The third-order valence-electron chi connectivity index (χ3n) is 5.69. The van der Waals surface area contributed by atoms with E-state index in [1.807, 2.05) is 0 Å². The number of alkyl halides is 3. The highest BCUT2D eigenvalue weighted by molar-refractivity contribution is 5.97. The number of rotatable bonds is 6. The first kappa shape index (κ1) is 25.2. The van der Waals surface area contributed by atoms with Crippen LogP contribution in [0.5, 0.6) is 5.75 Å². The fraction of sp³-hybridized carbons (Fsp3) is 0.364. The molecule has 0 aliphatic carbocycles. The van der Waals surface area contributed by atoms with Crippen molar-refractivity contribution in [1.29, 1.82) is 0 Å². The average Bonchev–Trinajstić information content (AvgIpc) is 3.30. The van der Waals surface area contributed by atoms with E-state index in [-0.39, 0.29) is 44.6 Å². The van der Waals surface area contributed by atoms with Gasteiger partial charge in [0.15, 0.2) is 11.6 Å². The summed E-state index contributed by atoms with van der Waals surface area (Å²) < 4.78 is 59.2.